The predicted molar refractivity (Wildman–Crippen MR) is 78.5 cm³/mol. The first-order chi connectivity index (χ1) is 8.56. The average Bonchev–Trinajstić information content (AvgIpc) is 2.33. The van der Waals surface area contributed by atoms with Crippen molar-refractivity contribution in [1.82, 2.24) is 5.32 Å². The Morgan fingerprint density at radius 1 is 1.22 bits per heavy atom. The lowest BCUT2D eigenvalue weighted by Gasteiger charge is -2.14. The van der Waals surface area contributed by atoms with Crippen LogP contribution in [0.5, 0.6) is 5.75 Å². The molecule has 0 amide bonds. The Labute approximate surface area is 112 Å². The topological polar surface area (TPSA) is 21.3 Å². The van der Waals surface area contributed by atoms with Crippen LogP contribution in [-0.2, 0) is 6.42 Å². The molecule has 0 bridgehead atoms. The van der Waals surface area contributed by atoms with Gasteiger partial charge in [-0.3, -0.25) is 0 Å². The van der Waals surface area contributed by atoms with Crippen molar-refractivity contribution in [3.05, 3.63) is 28.8 Å². The van der Waals surface area contributed by atoms with Gasteiger partial charge in [-0.25, -0.2) is 0 Å². The van der Waals surface area contributed by atoms with E-state index in [1.54, 1.807) is 7.11 Å². The molecule has 0 atom stereocenters. The second-order valence-electron chi connectivity index (χ2n) is 5.40. The Balaban J connectivity index is 2.49. The van der Waals surface area contributed by atoms with Gasteiger partial charge in [0.05, 0.1) is 7.11 Å². The molecule has 2 nitrogen and oxygen atoms in total. The van der Waals surface area contributed by atoms with Crippen LogP contribution in [0.15, 0.2) is 12.1 Å². The molecule has 0 unspecified atom stereocenters. The van der Waals surface area contributed by atoms with E-state index in [0.717, 1.165) is 37.6 Å². The molecule has 0 aliphatic heterocycles. The molecule has 0 aromatic heterocycles. The lowest BCUT2D eigenvalue weighted by atomic mass is 10.0. The van der Waals surface area contributed by atoms with Gasteiger partial charge in [0.2, 0.25) is 0 Å². The minimum absolute atomic E-state index is 0.723. The average molecular weight is 249 g/mol. The summed E-state index contributed by atoms with van der Waals surface area (Å²) in [7, 11) is 1.77. The number of hydrogen-bond acceptors (Lipinski definition) is 2. The summed E-state index contributed by atoms with van der Waals surface area (Å²) in [6.07, 6.45) is 2.24. The summed E-state index contributed by atoms with van der Waals surface area (Å²) in [5.41, 5.74) is 3.89. The second-order valence-corrected chi connectivity index (χ2v) is 5.40. The number of nitrogens with one attached hydrogen (secondary N) is 1. The van der Waals surface area contributed by atoms with Crippen molar-refractivity contribution < 1.29 is 4.74 Å². The molecule has 0 aliphatic carbocycles. The Kier molecular flexibility index (Phi) is 6.20. The zero-order valence-corrected chi connectivity index (χ0v) is 12.5. The summed E-state index contributed by atoms with van der Waals surface area (Å²) >= 11 is 0. The van der Waals surface area contributed by atoms with E-state index in [0.29, 0.717) is 0 Å². The summed E-state index contributed by atoms with van der Waals surface area (Å²) < 4.78 is 5.53. The monoisotopic (exact) mass is 249 g/mol. The number of aryl methyl sites for hydroxylation is 2. The first kappa shape index (κ1) is 15.0. The fourth-order valence-electron chi connectivity index (χ4n) is 2.12. The molecule has 1 aromatic rings. The van der Waals surface area contributed by atoms with E-state index in [-0.39, 0.29) is 0 Å². The zero-order chi connectivity index (χ0) is 13.5. The summed E-state index contributed by atoms with van der Waals surface area (Å²) in [5.74, 6) is 1.79. The van der Waals surface area contributed by atoms with Crippen LogP contribution in [0.3, 0.4) is 0 Å². The quantitative estimate of drug-likeness (QED) is 0.747. The van der Waals surface area contributed by atoms with Crippen LogP contribution in [0.2, 0.25) is 0 Å². The fraction of sp³-hybridized carbons (Fsp3) is 0.625. The maximum absolute atomic E-state index is 5.53. The minimum Gasteiger partial charge on any atom is -0.496 e. The van der Waals surface area contributed by atoms with Crippen molar-refractivity contribution in [3.8, 4) is 5.75 Å². The molecule has 2 heteroatoms. The van der Waals surface area contributed by atoms with Crippen molar-refractivity contribution in [2.75, 3.05) is 20.2 Å². The Morgan fingerprint density at radius 3 is 2.56 bits per heavy atom. The van der Waals surface area contributed by atoms with E-state index >= 15 is 0 Å². The second kappa shape index (κ2) is 7.42. The highest BCUT2D eigenvalue weighted by molar-refractivity contribution is 5.45. The standard InChI is InChI=1S/C16H27NO/c1-12(2)11-17-10-6-7-15-9-8-13(3)14(4)16(15)18-5/h8-9,12,17H,6-7,10-11H2,1-5H3. The number of rotatable bonds is 7. The highest BCUT2D eigenvalue weighted by Gasteiger charge is 2.07. The van der Waals surface area contributed by atoms with Crippen molar-refractivity contribution in [2.45, 2.75) is 40.5 Å². The van der Waals surface area contributed by atoms with Crippen molar-refractivity contribution in [1.29, 1.82) is 0 Å². The zero-order valence-electron chi connectivity index (χ0n) is 12.5. The van der Waals surface area contributed by atoms with Gasteiger partial charge in [0.1, 0.15) is 5.75 Å². The molecule has 0 saturated heterocycles. The van der Waals surface area contributed by atoms with Crippen molar-refractivity contribution in [3.63, 3.8) is 0 Å². The van der Waals surface area contributed by atoms with E-state index in [1.165, 1.54) is 16.7 Å². The molecule has 18 heavy (non-hydrogen) atoms. The van der Waals surface area contributed by atoms with Gasteiger partial charge in [-0.05, 0) is 62.4 Å². The van der Waals surface area contributed by atoms with Gasteiger partial charge in [0.25, 0.3) is 0 Å². The first-order valence-electron chi connectivity index (χ1n) is 6.90. The maximum atomic E-state index is 5.53. The highest BCUT2D eigenvalue weighted by atomic mass is 16.5. The van der Waals surface area contributed by atoms with Crippen LogP contribution in [0.25, 0.3) is 0 Å². The third-order valence-corrected chi connectivity index (χ3v) is 3.31. The molecular weight excluding hydrogens is 222 g/mol. The summed E-state index contributed by atoms with van der Waals surface area (Å²) in [6.45, 7) is 10.9. The van der Waals surface area contributed by atoms with Crippen LogP contribution in [-0.4, -0.2) is 20.2 Å². The van der Waals surface area contributed by atoms with Crippen LogP contribution in [0.1, 0.15) is 37.0 Å². The Hall–Kier alpha value is -1.02. The van der Waals surface area contributed by atoms with Crippen LogP contribution in [0, 0.1) is 19.8 Å². The van der Waals surface area contributed by atoms with E-state index in [1.807, 2.05) is 0 Å². The molecule has 0 aliphatic rings. The molecule has 0 fully saturated rings. The maximum Gasteiger partial charge on any atom is 0.125 e. The lowest BCUT2D eigenvalue weighted by Crippen LogP contribution is -2.21. The number of hydrogen-bond donors (Lipinski definition) is 1. The van der Waals surface area contributed by atoms with Crippen molar-refractivity contribution >= 4 is 0 Å². The molecule has 1 N–H and O–H groups in total. The highest BCUT2D eigenvalue weighted by Crippen LogP contribution is 2.26. The fourth-order valence-corrected chi connectivity index (χ4v) is 2.12. The van der Waals surface area contributed by atoms with Crippen molar-refractivity contribution in [2.24, 2.45) is 5.92 Å². The lowest BCUT2D eigenvalue weighted by molar-refractivity contribution is 0.405. The van der Waals surface area contributed by atoms with E-state index < -0.39 is 0 Å². The predicted octanol–water partition coefficient (Wildman–Crippen LogP) is 3.49. The minimum atomic E-state index is 0.723. The van der Waals surface area contributed by atoms with Gasteiger partial charge < -0.3 is 10.1 Å². The van der Waals surface area contributed by atoms with Crippen LogP contribution >= 0.6 is 0 Å². The van der Waals surface area contributed by atoms with Gasteiger partial charge in [-0.2, -0.15) is 0 Å². The third kappa shape index (κ3) is 4.34. The molecule has 0 radical (unpaired) electrons. The van der Waals surface area contributed by atoms with Gasteiger partial charge in [0.15, 0.2) is 0 Å². The van der Waals surface area contributed by atoms with Gasteiger partial charge in [-0.1, -0.05) is 26.0 Å². The molecule has 0 heterocycles. The van der Waals surface area contributed by atoms with E-state index in [2.05, 4.69) is 45.1 Å². The first-order valence-corrected chi connectivity index (χ1v) is 6.90. The Morgan fingerprint density at radius 2 is 1.94 bits per heavy atom. The summed E-state index contributed by atoms with van der Waals surface area (Å²) in [5, 5.41) is 3.48. The molecular formula is C16H27NO. The summed E-state index contributed by atoms with van der Waals surface area (Å²) in [4.78, 5) is 0. The SMILES string of the molecule is COc1c(CCCNCC(C)C)ccc(C)c1C. The Bertz CT molecular complexity index is 372. The van der Waals surface area contributed by atoms with Crippen LogP contribution in [0.4, 0.5) is 0 Å². The molecule has 0 saturated carbocycles. The third-order valence-electron chi connectivity index (χ3n) is 3.31. The van der Waals surface area contributed by atoms with Crippen LogP contribution < -0.4 is 10.1 Å². The molecule has 1 aromatic carbocycles. The summed E-state index contributed by atoms with van der Waals surface area (Å²) in [6, 6.07) is 4.39. The van der Waals surface area contributed by atoms with E-state index in [9.17, 15) is 0 Å². The van der Waals surface area contributed by atoms with Gasteiger partial charge in [-0.15, -0.1) is 0 Å². The van der Waals surface area contributed by atoms with Gasteiger partial charge >= 0.3 is 0 Å². The largest absolute Gasteiger partial charge is 0.496 e. The molecule has 0 spiro atoms. The molecule has 1 rings (SSSR count). The normalized spacial score (nSPS) is 11.0. The number of benzene rings is 1. The smallest absolute Gasteiger partial charge is 0.125 e. The number of methoxy groups -OCH3 is 1. The van der Waals surface area contributed by atoms with Gasteiger partial charge in [0, 0.05) is 0 Å². The van der Waals surface area contributed by atoms with E-state index in [4.69, 9.17) is 4.74 Å². The molecule has 102 valence electrons. The number of ether oxygens (including phenoxy) is 1.